The summed E-state index contributed by atoms with van der Waals surface area (Å²) in [5.74, 6) is 1.45. The van der Waals surface area contributed by atoms with Gasteiger partial charge in [0, 0.05) is 27.7 Å². The Labute approximate surface area is 113 Å². The van der Waals surface area contributed by atoms with Gasteiger partial charge in [-0.25, -0.2) is 0 Å². The van der Waals surface area contributed by atoms with E-state index in [1.165, 1.54) is 0 Å². The second kappa shape index (κ2) is 7.70. The van der Waals surface area contributed by atoms with Crippen LogP contribution in [0.15, 0.2) is 0 Å². The fourth-order valence-electron chi connectivity index (χ4n) is 1.39. The summed E-state index contributed by atoms with van der Waals surface area (Å²) in [4.78, 5) is 14.6. The van der Waals surface area contributed by atoms with Gasteiger partial charge in [-0.05, 0) is 6.92 Å². The summed E-state index contributed by atoms with van der Waals surface area (Å²) in [5.41, 5.74) is 0. The molecule has 0 aliphatic heterocycles. The van der Waals surface area contributed by atoms with Crippen LogP contribution in [0.1, 0.15) is 6.92 Å². The molecule has 0 bridgehead atoms. The van der Waals surface area contributed by atoms with Gasteiger partial charge in [-0.2, -0.15) is 15.0 Å². The Balaban J connectivity index is 2.91. The SMILES string of the molecule is CCNc1nc(NC(CO)COC)nc(N(C)C)n1. The molecule has 1 rings (SSSR count). The number of hydrogen-bond donors (Lipinski definition) is 3. The van der Waals surface area contributed by atoms with Crippen molar-refractivity contribution in [3.05, 3.63) is 0 Å². The maximum Gasteiger partial charge on any atom is 0.231 e. The largest absolute Gasteiger partial charge is 0.394 e. The Hall–Kier alpha value is -1.67. The van der Waals surface area contributed by atoms with Crippen molar-refractivity contribution < 1.29 is 9.84 Å². The highest BCUT2D eigenvalue weighted by atomic mass is 16.5. The van der Waals surface area contributed by atoms with Crippen LogP contribution < -0.4 is 15.5 Å². The minimum Gasteiger partial charge on any atom is -0.394 e. The van der Waals surface area contributed by atoms with Crippen molar-refractivity contribution in [3.8, 4) is 0 Å². The molecule has 1 aromatic rings. The van der Waals surface area contributed by atoms with Crippen molar-refractivity contribution in [2.24, 2.45) is 0 Å². The number of rotatable bonds is 8. The number of hydrogen-bond acceptors (Lipinski definition) is 8. The summed E-state index contributed by atoms with van der Waals surface area (Å²) in [5, 5.41) is 15.3. The summed E-state index contributed by atoms with van der Waals surface area (Å²) in [6.45, 7) is 2.99. The Bertz CT molecular complexity index is 387. The lowest BCUT2D eigenvalue weighted by molar-refractivity contribution is 0.153. The van der Waals surface area contributed by atoms with Crippen molar-refractivity contribution in [1.82, 2.24) is 15.0 Å². The van der Waals surface area contributed by atoms with Crippen LogP contribution in [0.2, 0.25) is 0 Å². The zero-order valence-corrected chi connectivity index (χ0v) is 11.8. The summed E-state index contributed by atoms with van der Waals surface area (Å²) >= 11 is 0. The lowest BCUT2D eigenvalue weighted by Crippen LogP contribution is -2.30. The molecule has 19 heavy (non-hydrogen) atoms. The first kappa shape index (κ1) is 15.4. The average molecular weight is 270 g/mol. The van der Waals surface area contributed by atoms with E-state index >= 15 is 0 Å². The average Bonchev–Trinajstić information content (AvgIpc) is 2.38. The monoisotopic (exact) mass is 270 g/mol. The molecule has 0 radical (unpaired) electrons. The molecule has 1 heterocycles. The lowest BCUT2D eigenvalue weighted by atomic mass is 10.3. The molecule has 0 saturated heterocycles. The maximum absolute atomic E-state index is 9.23. The highest BCUT2D eigenvalue weighted by molar-refractivity contribution is 5.43. The van der Waals surface area contributed by atoms with Crippen LogP contribution >= 0.6 is 0 Å². The Morgan fingerprint density at radius 2 is 1.95 bits per heavy atom. The second-order valence-electron chi connectivity index (χ2n) is 4.19. The normalized spacial score (nSPS) is 12.1. The summed E-state index contributed by atoms with van der Waals surface area (Å²) < 4.78 is 5.00. The van der Waals surface area contributed by atoms with Gasteiger partial charge in [-0.1, -0.05) is 0 Å². The maximum atomic E-state index is 9.23. The summed E-state index contributed by atoms with van der Waals surface area (Å²) in [6.07, 6.45) is 0. The third kappa shape index (κ3) is 4.84. The van der Waals surface area contributed by atoms with Gasteiger partial charge in [0.15, 0.2) is 0 Å². The summed E-state index contributed by atoms with van der Waals surface area (Å²) in [7, 11) is 5.29. The molecular weight excluding hydrogens is 248 g/mol. The molecule has 0 fully saturated rings. The van der Waals surface area contributed by atoms with Crippen molar-refractivity contribution in [1.29, 1.82) is 0 Å². The number of methoxy groups -OCH3 is 1. The van der Waals surface area contributed by atoms with Gasteiger partial charge in [-0.15, -0.1) is 0 Å². The molecule has 0 spiro atoms. The van der Waals surface area contributed by atoms with Gasteiger partial charge in [0.2, 0.25) is 17.8 Å². The smallest absolute Gasteiger partial charge is 0.231 e. The molecule has 0 aromatic carbocycles. The first-order valence-electron chi connectivity index (χ1n) is 6.14. The van der Waals surface area contributed by atoms with E-state index in [-0.39, 0.29) is 12.6 Å². The van der Waals surface area contributed by atoms with Crippen molar-refractivity contribution in [2.45, 2.75) is 13.0 Å². The Morgan fingerprint density at radius 1 is 1.26 bits per heavy atom. The third-order valence-electron chi connectivity index (χ3n) is 2.28. The molecule has 0 aliphatic rings. The summed E-state index contributed by atoms with van der Waals surface area (Å²) in [6, 6.07) is -0.253. The highest BCUT2D eigenvalue weighted by Gasteiger charge is 2.12. The van der Waals surface area contributed by atoms with E-state index < -0.39 is 0 Å². The number of nitrogens with zero attached hydrogens (tertiary/aromatic N) is 4. The Morgan fingerprint density at radius 3 is 2.47 bits per heavy atom. The highest BCUT2D eigenvalue weighted by Crippen LogP contribution is 2.12. The molecule has 0 amide bonds. The molecule has 0 aliphatic carbocycles. The number of anilines is 3. The zero-order chi connectivity index (χ0) is 14.3. The fraction of sp³-hybridized carbons (Fsp3) is 0.727. The Kier molecular flexibility index (Phi) is 6.23. The molecule has 8 heteroatoms. The predicted molar refractivity (Wildman–Crippen MR) is 74.7 cm³/mol. The van der Waals surface area contributed by atoms with Crippen LogP contribution in [0.5, 0.6) is 0 Å². The van der Waals surface area contributed by atoms with E-state index in [2.05, 4.69) is 25.6 Å². The van der Waals surface area contributed by atoms with Gasteiger partial charge in [0.05, 0.1) is 19.3 Å². The number of aromatic nitrogens is 3. The van der Waals surface area contributed by atoms with E-state index in [9.17, 15) is 5.11 Å². The van der Waals surface area contributed by atoms with Gasteiger partial charge in [-0.3, -0.25) is 0 Å². The molecule has 1 aromatic heterocycles. The second-order valence-corrected chi connectivity index (χ2v) is 4.19. The minimum absolute atomic E-state index is 0.0621. The fourth-order valence-corrected chi connectivity index (χ4v) is 1.39. The van der Waals surface area contributed by atoms with E-state index in [1.54, 1.807) is 12.0 Å². The molecule has 8 nitrogen and oxygen atoms in total. The van der Waals surface area contributed by atoms with E-state index in [0.29, 0.717) is 24.5 Å². The molecular formula is C11H22N6O2. The molecule has 108 valence electrons. The predicted octanol–water partition coefficient (Wildman–Crippen LogP) is -0.211. The van der Waals surface area contributed by atoms with Crippen LogP contribution in [0.25, 0.3) is 0 Å². The first-order chi connectivity index (χ1) is 9.10. The van der Waals surface area contributed by atoms with Crippen LogP contribution in [0.3, 0.4) is 0 Å². The molecule has 0 saturated carbocycles. The van der Waals surface area contributed by atoms with Crippen LogP contribution in [-0.2, 0) is 4.74 Å². The molecule has 3 N–H and O–H groups in total. The number of aliphatic hydroxyl groups is 1. The van der Waals surface area contributed by atoms with Gasteiger partial charge in [0.25, 0.3) is 0 Å². The quantitative estimate of drug-likeness (QED) is 0.597. The third-order valence-corrected chi connectivity index (χ3v) is 2.28. The number of ether oxygens (including phenoxy) is 1. The van der Waals surface area contributed by atoms with Crippen LogP contribution in [0, 0.1) is 0 Å². The number of aliphatic hydroxyl groups excluding tert-OH is 1. The zero-order valence-electron chi connectivity index (χ0n) is 11.8. The standard InChI is InChI=1S/C11H22N6O2/c1-5-12-9-14-10(13-8(6-18)7-19-4)16-11(15-9)17(2)3/h8,18H,5-7H2,1-4H3,(H2,12,13,14,15,16). The lowest BCUT2D eigenvalue weighted by Gasteiger charge is -2.17. The van der Waals surface area contributed by atoms with Gasteiger partial charge >= 0.3 is 0 Å². The first-order valence-corrected chi connectivity index (χ1v) is 6.14. The molecule has 1 unspecified atom stereocenters. The molecule has 1 atom stereocenters. The van der Waals surface area contributed by atoms with E-state index in [1.807, 2.05) is 21.0 Å². The topological polar surface area (TPSA) is 95.4 Å². The minimum atomic E-state index is -0.253. The number of nitrogens with one attached hydrogen (secondary N) is 2. The van der Waals surface area contributed by atoms with Crippen molar-refractivity contribution in [2.75, 3.05) is 56.5 Å². The van der Waals surface area contributed by atoms with Crippen LogP contribution in [0.4, 0.5) is 17.8 Å². The van der Waals surface area contributed by atoms with E-state index in [4.69, 9.17) is 4.74 Å². The van der Waals surface area contributed by atoms with Crippen molar-refractivity contribution >= 4 is 17.8 Å². The van der Waals surface area contributed by atoms with Gasteiger partial charge < -0.3 is 25.4 Å². The van der Waals surface area contributed by atoms with Gasteiger partial charge in [0.1, 0.15) is 0 Å². The van der Waals surface area contributed by atoms with Crippen LogP contribution in [-0.4, -0.2) is 67.1 Å². The van der Waals surface area contributed by atoms with E-state index in [0.717, 1.165) is 6.54 Å². The van der Waals surface area contributed by atoms with Crippen molar-refractivity contribution in [3.63, 3.8) is 0 Å².